The van der Waals surface area contributed by atoms with Gasteiger partial charge in [-0.3, -0.25) is 4.79 Å². The molecule has 0 bridgehead atoms. The lowest BCUT2D eigenvalue weighted by atomic mass is 10.2. The predicted molar refractivity (Wildman–Crippen MR) is 53.8 cm³/mol. The van der Waals surface area contributed by atoms with Crippen LogP contribution in [-0.2, 0) is 4.79 Å². The molecule has 1 aromatic heterocycles. The first-order valence-electron chi connectivity index (χ1n) is 4.63. The summed E-state index contributed by atoms with van der Waals surface area (Å²) in [5.41, 5.74) is 10.6. The molecule has 0 saturated heterocycles. The van der Waals surface area contributed by atoms with E-state index in [2.05, 4.69) is 15.5 Å². The van der Waals surface area contributed by atoms with Crippen LogP contribution in [0.3, 0.4) is 0 Å². The molecule has 1 amide bonds. The molecule has 84 valence electrons. The van der Waals surface area contributed by atoms with E-state index in [0.29, 0.717) is 5.89 Å². The van der Waals surface area contributed by atoms with Gasteiger partial charge in [0, 0.05) is 12.5 Å². The Morgan fingerprint density at radius 2 is 2.20 bits per heavy atom. The van der Waals surface area contributed by atoms with Crippen molar-refractivity contribution in [2.24, 2.45) is 11.5 Å². The minimum absolute atomic E-state index is 0.149. The highest BCUT2D eigenvalue weighted by atomic mass is 16.4. The molecule has 1 aromatic rings. The van der Waals surface area contributed by atoms with Crippen molar-refractivity contribution in [3.63, 3.8) is 0 Å². The number of carbonyl (C=O) groups is 1. The summed E-state index contributed by atoms with van der Waals surface area (Å²) in [7, 11) is 0. The summed E-state index contributed by atoms with van der Waals surface area (Å²) in [6.07, 6.45) is 0.204. The Hall–Kier alpha value is -1.63. The molecule has 0 aliphatic carbocycles. The van der Waals surface area contributed by atoms with Crippen molar-refractivity contribution in [3.8, 4) is 0 Å². The van der Waals surface area contributed by atoms with Crippen molar-refractivity contribution in [1.82, 2.24) is 10.2 Å². The van der Waals surface area contributed by atoms with E-state index in [0.717, 1.165) is 0 Å². The van der Waals surface area contributed by atoms with Crippen LogP contribution >= 0.6 is 0 Å². The number of hydrogen-bond donors (Lipinski definition) is 3. The SMILES string of the molecule is CC(CC(N)=O)Nc1nnc(C(C)N)o1. The van der Waals surface area contributed by atoms with Gasteiger partial charge in [0.1, 0.15) is 0 Å². The van der Waals surface area contributed by atoms with Crippen molar-refractivity contribution >= 4 is 11.9 Å². The van der Waals surface area contributed by atoms with Gasteiger partial charge in [-0.25, -0.2) is 0 Å². The zero-order chi connectivity index (χ0) is 11.4. The van der Waals surface area contributed by atoms with E-state index < -0.39 is 0 Å². The van der Waals surface area contributed by atoms with Gasteiger partial charge in [-0.05, 0) is 13.8 Å². The van der Waals surface area contributed by atoms with Gasteiger partial charge in [-0.2, -0.15) is 0 Å². The number of rotatable bonds is 5. The average Bonchev–Trinajstić information content (AvgIpc) is 2.50. The number of carbonyl (C=O) groups excluding carboxylic acids is 1. The van der Waals surface area contributed by atoms with Gasteiger partial charge >= 0.3 is 6.01 Å². The molecular formula is C8H15N5O2. The third-order valence-corrected chi connectivity index (χ3v) is 1.71. The fourth-order valence-corrected chi connectivity index (χ4v) is 1.04. The van der Waals surface area contributed by atoms with Crippen molar-refractivity contribution in [3.05, 3.63) is 5.89 Å². The largest absolute Gasteiger partial charge is 0.406 e. The summed E-state index contributed by atoms with van der Waals surface area (Å²) in [5, 5.41) is 10.3. The number of amides is 1. The monoisotopic (exact) mass is 213 g/mol. The summed E-state index contributed by atoms with van der Waals surface area (Å²) in [6, 6.07) is -0.209. The highest BCUT2D eigenvalue weighted by molar-refractivity contribution is 5.74. The normalized spacial score (nSPS) is 14.6. The second-order valence-electron chi connectivity index (χ2n) is 3.45. The Balaban J connectivity index is 2.53. The highest BCUT2D eigenvalue weighted by Gasteiger charge is 2.12. The molecule has 15 heavy (non-hydrogen) atoms. The first kappa shape index (κ1) is 11.4. The fraction of sp³-hybridized carbons (Fsp3) is 0.625. The van der Waals surface area contributed by atoms with Gasteiger partial charge in [-0.15, -0.1) is 5.10 Å². The topological polar surface area (TPSA) is 120 Å². The second-order valence-corrected chi connectivity index (χ2v) is 3.45. The lowest BCUT2D eigenvalue weighted by Gasteiger charge is -2.08. The summed E-state index contributed by atoms with van der Waals surface area (Å²) in [6.45, 7) is 3.53. The van der Waals surface area contributed by atoms with E-state index in [9.17, 15) is 4.79 Å². The van der Waals surface area contributed by atoms with E-state index in [-0.39, 0.29) is 30.4 Å². The number of nitrogens with zero attached hydrogens (tertiary/aromatic N) is 2. The van der Waals surface area contributed by atoms with Gasteiger partial charge in [0.05, 0.1) is 6.04 Å². The third-order valence-electron chi connectivity index (χ3n) is 1.71. The molecule has 0 aliphatic heterocycles. The molecular weight excluding hydrogens is 198 g/mol. The molecule has 0 fully saturated rings. The maximum Gasteiger partial charge on any atom is 0.315 e. The predicted octanol–water partition coefficient (Wildman–Crippen LogP) is -0.235. The van der Waals surface area contributed by atoms with Crippen molar-refractivity contribution in [2.75, 3.05) is 5.32 Å². The van der Waals surface area contributed by atoms with Crippen molar-refractivity contribution < 1.29 is 9.21 Å². The van der Waals surface area contributed by atoms with Gasteiger partial charge < -0.3 is 21.2 Å². The van der Waals surface area contributed by atoms with Crippen molar-refractivity contribution in [1.29, 1.82) is 0 Å². The average molecular weight is 213 g/mol. The first-order chi connectivity index (χ1) is 6.99. The molecule has 0 radical (unpaired) electrons. The Labute approximate surface area is 87.2 Å². The van der Waals surface area contributed by atoms with E-state index in [4.69, 9.17) is 15.9 Å². The van der Waals surface area contributed by atoms with Crippen LogP contribution in [0.4, 0.5) is 6.01 Å². The number of nitrogens with one attached hydrogen (secondary N) is 1. The summed E-state index contributed by atoms with van der Waals surface area (Å²) >= 11 is 0. The molecule has 7 nitrogen and oxygen atoms in total. The van der Waals surface area contributed by atoms with Gasteiger partial charge in [0.15, 0.2) is 0 Å². The highest BCUT2D eigenvalue weighted by Crippen LogP contribution is 2.12. The molecule has 0 spiro atoms. The Morgan fingerprint density at radius 3 is 2.67 bits per heavy atom. The summed E-state index contributed by atoms with van der Waals surface area (Å²) in [4.78, 5) is 10.6. The quantitative estimate of drug-likeness (QED) is 0.621. The maximum absolute atomic E-state index is 10.6. The molecule has 5 N–H and O–H groups in total. The minimum Gasteiger partial charge on any atom is -0.406 e. The molecule has 2 atom stereocenters. The summed E-state index contributed by atoms with van der Waals surface area (Å²) < 4.78 is 5.19. The number of aromatic nitrogens is 2. The number of primary amides is 1. The van der Waals surface area contributed by atoms with Crippen LogP contribution in [0.15, 0.2) is 4.42 Å². The zero-order valence-corrected chi connectivity index (χ0v) is 8.73. The Morgan fingerprint density at radius 1 is 1.53 bits per heavy atom. The molecule has 1 heterocycles. The molecule has 0 aromatic carbocycles. The minimum atomic E-state index is -0.387. The van der Waals surface area contributed by atoms with Crippen LogP contribution in [0.2, 0.25) is 0 Å². The number of nitrogens with two attached hydrogens (primary N) is 2. The summed E-state index contributed by atoms with van der Waals surface area (Å²) in [5.74, 6) is -0.0364. The molecule has 1 rings (SSSR count). The second kappa shape index (κ2) is 4.74. The lowest BCUT2D eigenvalue weighted by Crippen LogP contribution is -2.24. The van der Waals surface area contributed by atoms with Crippen LogP contribution in [0.25, 0.3) is 0 Å². The van der Waals surface area contributed by atoms with Crippen LogP contribution < -0.4 is 16.8 Å². The standard InChI is InChI=1S/C8H15N5O2/c1-4(3-6(10)14)11-8-13-12-7(15-8)5(2)9/h4-5H,3,9H2,1-2H3,(H2,10,14)(H,11,13). The van der Waals surface area contributed by atoms with Crippen LogP contribution in [0, 0.1) is 0 Å². The van der Waals surface area contributed by atoms with E-state index in [1.54, 1.807) is 13.8 Å². The zero-order valence-electron chi connectivity index (χ0n) is 8.73. The van der Waals surface area contributed by atoms with E-state index in [1.807, 2.05) is 0 Å². The van der Waals surface area contributed by atoms with E-state index >= 15 is 0 Å². The van der Waals surface area contributed by atoms with Crippen LogP contribution in [0.1, 0.15) is 32.2 Å². The van der Waals surface area contributed by atoms with Crippen molar-refractivity contribution in [2.45, 2.75) is 32.4 Å². The van der Waals surface area contributed by atoms with E-state index in [1.165, 1.54) is 0 Å². The molecule has 2 unspecified atom stereocenters. The Kier molecular flexibility index (Phi) is 3.62. The maximum atomic E-state index is 10.6. The number of anilines is 1. The molecule has 0 aliphatic rings. The van der Waals surface area contributed by atoms with Gasteiger partial charge in [0.25, 0.3) is 0 Å². The third kappa shape index (κ3) is 3.55. The van der Waals surface area contributed by atoms with Crippen LogP contribution in [0.5, 0.6) is 0 Å². The van der Waals surface area contributed by atoms with Crippen LogP contribution in [-0.4, -0.2) is 22.1 Å². The smallest absolute Gasteiger partial charge is 0.315 e. The lowest BCUT2D eigenvalue weighted by molar-refractivity contribution is -0.118. The van der Waals surface area contributed by atoms with Gasteiger partial charge in [0.2, 0.25) is 11.8 Å². The molecule has 0 saturated carbocycles. The Bertz CT molecular complexity index is 336. The number of hydrogen-bond acceptors (Lipinski definition) is 6. The first-order valence-corrected chi connectivity index (χ1v) is 4.63. The van der Waals surface area contributed by atoms with Gasteiger partial charge in [-0.1, -0.05) is 5.10 Å². The molecule has 7 heteroatoms. The fourth-order valence-electron chi connectivity index (χ4n) is 1.04.